The number of aromatic nitrogens is 3. The van der Waals surface area contributed by atoms with Gasteiger partial charge < -0.3 is 9.73 Å². The Morgan fingerprint density at radius 3 is 2.79 bits per heavy atom. The summed E-state index contributed by atoms with van der Waals surface area (Å²) < 4.78 is 5.64. The van der Waals surface area contributed by atoms with Crippen molar-refractivity contribution < 1.29 is 9.21 Å². The number of nitrogens with one attached hydrogen (secondary N) is 1. The SMILES string of the molecule is O=C(CSc1nnc(-c2ccc(Cl)cc2)o1)Nc1nc2c(s1)CN(Cc1ccccc1)CC2. The number of carbonyl (C=O) groups excluding carboxylic acids is 1. The third kappa shape index (κ3) is 5.62. The van der Waals surface area contributed by atoms with Gasteiger partial charge in [0.25, 0.3) is 5.22 Å². The Bertz CT molecular complexity index is 1240. The Balaban J connectivity index is 1.14. The summed E-state index contributed by atoms with van der Waals surface area (Å²) in [4.78, 5) is 20.7. The van der Waals surface area contributed by atoms with Gasteiger partial charge in [-0.15, -0.1) is 21.5 Å². The van der Waals surface area contributed by atoms with Crippen molar-refractivity contribution in [3.63, 3.8) is 0 Å². The van der Waals surface area contributed by atoms with Crippen LogP contribution in [-0.2, 0) is 24.3 Å². The first-order valence-electron chi connectivity index (χ1n) is 10.4. The largest absolute Gasteiger partial charge is 0.411 e. The number of anilines is 1. The Hall–Kier alpha value is -2.72. The van der Waals surface area contributed by atoms with Crippen LogP contribution in [0.1, 0.15) is 16.1 Å². The van der Waals surface area contributed by atoms with E-state index in [4.69, 9.17) is 16.0 Å². The number of rotatable bonds is 7. The normalized spacial score (nSPS) is 13.6. The maximum atomic E-state index is 12.4. The zero-order chi connectivity index (χ0) is 22.6. The molecule has 0 saturated carbocycles. The van der Waals surface area contributed by atoms with Crippen molar-refractivity contribution in [2.75, 3.05) is 17.6 Å². The number of halogens is 1. The van der Waals surface area contributed by atoms with Gasteiger partial charge in [-0.1, -0.05) is 53.7 Å². The van der Waals surface area contributed by atoms with Crippen molar-refractivity contribution in [3.8, 4) is 11.5 Å². The highest BCUT2D eigenvalue weighted by Gasteiger charge is 2.21. The molecule has 0 fully saturated rings. The summed E-state index contributed by atoms with van der Waals surface area (Å²) in [5.41, 5.74) is 3.16. The van der Waals surface area contributed by atoms with Gasteiger partial charge in [0.15, 0.2) is 5.13 Å². The van der Waals surface area contributed by atoms with Gasteiger partial charge >= 0.3 is 0 Å². The van der Waals surface area contributed by atoms with Crippen LogP contribution in [0.3, 0.4) is 0 Å². The van der Waals surface area contributed by atoms with Crippen molar-refractivity contribution >= 4 is 45.7 Å². The third-order valence-corrected chi connectivity index (χ3v) is 7.20. The standard InChI is InChI=1S/C23H20ClN5O2S2/c24-17-8-6-16(7-9-17)21-27-28-23(31-21)32-14-20(30)26-22-25-18-10-11-29(13-19(18)33-22)12-15-4-2-1-3-5-15/h1-9H,10-14H2,(H,25,26,30). The first-order valence-corrected chi connectivity index (χ1v) is 12.6. The molecule has 0 bridgehead atoms. The van der Waals surface area contributed by atoms with E-state index >= 15 is 0 Å². The van der Waals surface area contributed by atoms with Crippen LogP contribution in [0.15, 0.2) is 64.2 Å². The second-order valence-electron chi connectivity index (χ2n) is 7.55. The molecule has 33 heavy (non-hydrogen) atoms. The van der Waals surface area contributed by atoms with Crippen LogP contribution < -0.4 is 5.32 Å². The fourth-order valence-corrected chi connectivity index (χ4v) is 5.29. The van der Waals surface area contributed by atoms with Gasteiger partial charge in [-0.05, 0) is 29.8 Å². The minimum atomic E-state index is -0.154. The van der Waals surface area contributed by atoms with Crippen molar-refractivity contribution in [2.24, 2.45) is 0 Å². The zero-order valence-corrected chi connectivity index (χ0v) is 19.9. The van der Waals surface area contributed by atoms with Crippen molar-refractivity contribution in [3.05, 3.63) is 75.8 Å². The molecule has 5 rings (SSSR count). The molecule has 0 aliphatic carbocycles. The van der Waals surface area contributed by atoms with E-state index in [1.165, 1.54) is 22.2 Å². The fraction of sp³-hybridized carbons (Fsp3) is 0.217. The molecule has 4 aromatic rings. The maximum Gasteiger partial charge on any atom is 0.277 e. The molecule has 0 unspecified atom stereocenters. The first-order chi connectivity index (χ1) is 16.1. The molecule has 2 aromatic carbocycles. The summed E-state index contributed by atoms with van der Waals surface area (Å²) in [6.45, 7) is 2.72. The third-order valence-electron chi connectivity index (χ3n) is 5.13. The molecular formula is C23H20ClN5O2S2. The summed E-state index contributed by atoms with van der Waals surface area (Å²) in [6.07, 6.45) is 0.888. The van der Waals surface area contributed by atoms with E-state index in [9.17, 15) is 4.79 Å². The summed E-state index contributed by atoms with van der Waals surface area (Å²) >= 11 is 8.65. The molecule has 0 spiro atoms. The number of benzene rings is 2. The number of amides is 1. The molecule has 10 heteroatoms. The number of nitrogens with zero attached hydrogens (tertiary/aromatic N) is 4. The van der Waals surface area contributed by atoms with Gasteiger partial charge in [-0.3, -0.25) is 9.69 Å². The van der Waals surface area contributed by atoms with Crippen LogP contribution in [0, 0.1) is 0 Å². The Kier molecular flexibility index (Phi) is 6.73. The number of fused-ring (bicyclic) bond motifs is 1. The molecule has 168 valence electrons. The maximum absolute atomic E-state index is 12.4. The quantitative estimate of drug-likeness (QED) is 0.354. The Morgan fingerprint density at radius 1 is 1.15 bits per heavy atom. The fourth-order valence-electron chi connectivity index (χ4n) is 3.54. The molecule has 1 amide bonds. The minimum Gasteiger partial charge on any atom is -0.411 e. The number of thioether (sulfide) groups is 1. The van der Waals surface area contributed by atoms with Crippen LogP contribution >= 0.6 is 34.7 Å². The van der Waals surface area contributed by atoms with Crippen LogP contribution in [0.2, 0.25) is 5.02 Å². The van der Waals surface area contributed by atoms with E-state index < -0.39 is 0 Å². The molecule has 3 heterocycles. The number of hydrogen-bond acceptors (Lipinski definition) is 8. The van der Waals surface area contributed by atoms with Gasteiger partial charge in [0.2, 0.25) is 11.8 Å². The molecule has 1 aliphatic rings. The number of thiazole rings is 1. The lowest BCUT2D eigenvalue weighted by Crippen LogP contribution is -2.29. The van der Waals surface area contributed by atoms with Crippen LogP contribution in [0.25, 0.3) is 11.5 Å². The van der Waals surface area contributed by atoms with Crippen molar-refractivity contribution in [1.82, 2.24) is 20.1 Å². The molecule has 0 radical (unpaired) electrons. The number of hydrogen-bond donors (Lipinski definition) is 1. The van der Waals surface area contributed by atoms with E-state index in [1.54, 1.807) is 23.5 Å². The second-order valence-corrected chi connectivity index (χ2v) is 10.00. The van der Waals surface area contributed by atoms with Crippen LogP contribution in [-0.4, -0.2) is 38.3 Å². The van der Waals surface area contributed by atoms with Gasteiger partial charge in [0.05, 0.1) is 11.4 Å². The van der Waals surface area contributed by atoms with E-state index in [0.29, 0.717) is 21.3 Å². The summed E-state index contributed by atoms with van der Waals surface area (Å²) in [6, 6.07) is 17.6. The highest BCUT2D eigenvalue weighted by atomic mass is 35.5. The van der Waals surface area contributed by atoms with E-state index in [1.807, 2.05) is 18.2 Å². The van der Waals surface area contributed by atoms with Crippen molar-refractivity contribution in [2.45, 2.75) is 24.7 Å². The van der Waals surface area contributed by atoms with Gasteiger partial charge in [0, 0.05) is 41.5 Å². The number of carbonyl (C=O) groups is 1. The van der Waals surface area contributed by atoms with Gasteiger partial charge in [-0.2, -0.15) is 0 Å². The lowest BCUT2D eigenvalue weighted by Gasteiger charge is -2.25. The lowest BCUT2D eigenvalue weighted by molar-refractivity contribution is -0.113. The predicted octanol–water partition coefficient (Wildman–Crippen LogP) is 5.14. The Labute approximate surface area is 204 Å². The zero-order valence-electron chi connectivity index (χ0n) is 17.5. The summed E-state index contributed by atoms with van der Waals surface area (Å²) in [5.74, 6) is 0.396. The highest BCUT2D eigenvalue weighted by molar-refractivity contribution is 7.99. The second kappa shape index (κ2) is 10.0. The lowest BCUT2D eigenvalue weighted by atomic mass is 10.1. The van der Waals surface area contributed by atoms with E-state index in [2.05, 4.69) is 49.7 Å². The molecule has 2 aromatic heterocycles. The minimum absolute atomic E-state index is 0.154. The average Bonchev–Trinajstić information content (AvgIpc) is 3.45. The molecule has 1 aliphatic heterocycles. The topological polar surface area (TPSA) is 84.1 Å². The van der Waals surface area contributed by atoms with Crippen LogP contribution in [0.4, 0.5) is 5.13 Å². The summed E-state index contributed by atoms with van der Waals surface area (Å²) in [7, 11) is 0. The smallest absolute Gasteiger partial charge is 0.277 e. The molecule has 0 atom stereocenters. The predicted molar refractivity (Wildman–Crippen MR) is 130 cm³/mol. The molecule has 0 saturated heterocycles. The molecular weight excluding hydrogens is 478 g/mol. The average molecular weight is 498 g/mol. The van der Waals surface area contributed by atoms with Crippen molar-refractivity contribution in [1.29, 1.82) is 0 Å². The van der Waals surface area contributed by atoms with Gasteiger partial charge in [0.1, 0.15) is 0 Å². The highest BCUT2D eigenvalue weighted by Crippen LogP contribution is 2.29. The van der Waals surface area contributed by atoms with E-state index in [-0.39, 0.29) is 11.7 Å². The Morgan fingerprint density at radius 2 is 1.97 bits per heavy atom. The molecule has 7 nitrogen and oxygen atoms in total. The molecule has 1 N–H and O–H groups in total. The summed E-state index contributed by atoms with van der Waals surface area (Å²) in [5, 5.41) is 12.6. The van der Waals surface area contributed by atoms with Gasteiger partial charge in [-0.25, -0.2) is 4.98 Å². The monoisotopic (exact) mass is 497 g/mol. The van der Waals surface area contributed by atoms with E-state index in [0.717, 1.165) is 37.3 Å². The first kappa shape index (κ1) is 22.1. The van der Waals surface area contributed by atoms with Crippen LogP contribution in [0.5, 0.6) is 0 Å².